The number of benzene rings is 1. The van der Waals surface area contributed by atoms with E-state index in [1.165, 1.54) is 24.8 Å². The van der Waals surface area contributed by atoms with Crippen molar-refractivity contribution in [2.75, 3.05) is 6.61 Å². The minimum absolute atomic E-state index is 0.0276. The van der Waals surface area contributed by atoms with E-state index in [-0.39, 0.29) is 5.97 Å². The van der Waals surface area contributed by atoms with E-state index in [4.69, 9.17) is 4.74 Å². The second-order valence-electron chi connectivity index (χ2n) is 5.89. The quantitative estimate of drug-likeness (QED) is 0.355. The third-order valence-corrected chi connectivity index (χ3v) is 3.85. The van der Waals surface area contributed by atoms with Crippen LogP contribution in [0, 0.1) is 6.92 Å². The molecule has 0 atom stereocenters. The van der Waals surface area contributed by atoms with E-state index in [0.29, 0.717) is 13.0 Å². The maximum absolute atomic E-state index is 11.6. The molecule has 1 aromatic carbocycles. The van der Waals surface area contributed by atoms with E-state index in [9.17, 15) is 4.79 Å². The summed E-state index contributed by atoms with van der Waals surface area (Å²) < 4.78 is 5.27. The SMILES string of the molecule is [CH2]CCCCCCCC(=O)OCCCCCc1ccccc1. The third kappa shape index (κ3) is 10.4. The van der Waals surface area contributed by atoms with Crippen molar-refractivity contribution in [3.05, 3.63) is 42.8 Å². The highest BCUT2D eigenvalue weighted by Crippen LogP contribution is 2.09. The highest BCUT2D eigenvalue weighted by Gasteiger charge is 2.02. The number of hydrogen-bond donors (Lipinski definition) is 0. The Hall–Kier alpha value is -1.31. The van der Waals surface area contributed by atoms with Gasteiger partial charge < -0.3 is 4.74 Å². The summed E-state index contributed by atoms with van der Waals surface area (Å²) in [5.41, 5.74) is 1.39. The summed E-state index contributed by atoms with van der Waals surface area (Å²) in [6.45, 7) is 4.41. The Morgan fingerprint density at radius 3 is 2.32 bits per heavy atom. The zero-order valence-corrected chi connectivity index (χ0v) is 13.9. The number of rotatable bonds is 13. The molecular formula is C20H31O2. The van der Waals surface area contributed by atoms with Crippen LogP contribution in [0.1, 0.15) is 69.8 Å². The van der Waals surface area contributed by atoms with Crippen molar-refractivity contribution < 1.29 is 9.53 Å². The van der Waals surface area contributed by atoms with Gasteiger partial charge in [-0.1, -0.05) is 69.4 Å². The monoisotopic (exact) mass is 303 g/mol. The van der Waals surface area contributed by atoms with Crippen LogP contribution in [0.15, 0.2) is 30.3 Å². The van der Waals surface area contributed by atoms with Gasteiger partial charge in [-0.2, -0.15) is 0 Å². The van der Waals surface area contributed by atoms with Gasteiger partial charge in [-0.25, -0.2) is 0 Å². The van der Waals surface area contributed by atoms with Crippen LogP contribution in [0.25, 0.3) is 0 Å². The van der Waals surface area contributed by atoms with Crippen molar-refractivity contribution in [1.82, 2.24) is 0 Å². The first-order valence-corrected chi connectivity index (χ1v) is 8.81. The molecule has 1 aromatic rings. The number of aryl methyl sites for hydroxylation is 1. The average molecular weight is 303 g/mol. The largest absolute Gasteiger partial charge is 0.466 e. The van der Waals surface area contributed by atoms with Crippen molar-refractivity contribution in [3.8, 4) is 0 Å². The molecule has 0 aliphatic rings. The van der Waals surface area contributed by atoms with Crippen molar-refractivity contribution in [2.45, 2.75) is 70.6 Å². The molecule has 0 aliphatic heterocycles. The summed E-state index contributed by atoms with van der Waals surface area (Å²) in [4.78, 5) is 11.6. The molecule has 0 aliphatic carbocycles. The summed E-state index contributed by atoms with van der Waals surface area (Å²) in [6.07, 6.45) is 11.7. The Morgan fingerprint density at radius 1 is 0.864 bits per heavy atom. The van der Waals surface area contributed by atoms with Crippen molar-refractivity contribution in [2.24, 2.45) is 0 Å². The number of esters is 1. The summed E-state index contributed by atoms with van der Waals surface area (Å²) >= 11 is 0. The Bertz CT molecular complexity index is 373. The molecule has 2 nitrogen and oxygen atoms in total. The van der Waals surface area contributed by atoms with E-state index in [2.05, 4.69) is 31.2 Å². The van der Waals surface area contributed by atoms with E-state index in [1.54, 1.807) is 0 Å². The second-order valence-corrected chi connectivity index (χ2v) is 5.89. The van der Waals surface area contributed by atoms with Gasteiger partial charge in [0.2, 0.25) is 0 Å². The molecule has 0 bridgehead atoms. The van der Waals surface area contributed by atoms with Gasteiger partial charge in [-0.3, -0.25) is 4.79 Å². The van der Waals surface area contributed by atoms with Crippen LogP contribution >= 0.6 is 0 Å². The molecule has 0 heterocycles. The predicted octanol–water partition coefficient (Wildman–Crippen LogP) is 5.51. The van der Waals surface area contributed by atoms with Crippen LogP contribution in [-0.2, 0) is 16.0 Å². The Kier molecular flexibility index (Phi) is 11.4. The average Bonchev–Trinajstić information content (AvgIpc) is 2.55. The molecule has 0 saturated carbocycles. The minimum atomic E-state index is -0.0276. The first-order chi connectivity index (χ1) is 10.8. The Balaban J connectivity index is 1.86. The second kappa shape index (κ2) is 13.4. The van der Waals surface area contributed by atoms with Gasteiger partial charge in [-0.05, 0) is 37.7 Å². The van der Waals surface area contributed by atoms with Gasteiger partial charge in [0.15, 0.2) is 0 Å². The molecule has 0 fully saturated rings. The fraction of sp³-hybridized carbons (Fsp3) is 0.600. The van der Waals surface area contributed by atoms with Crippen LogP contribution in [0.4, 0.5) is 0 Å². The van der Waals surface area contributed by atoms with E-state index >= 15 is 0 Å². The van der Waals surface area contributed by atoms with Gasteiger partial charge in [0.25, 0.3) is 0 Å². The molecule has 0 N–H and O–H groups in total. The first-order valence-electron chi connectivity index (χ1n) is 8.81. The normalized spacial score (nSPS) is 10.6. The highest BCUT2D eigenvalue weighted by molar-refractivity contribution is 5.69. The smallest absolute Gasteiger partial charge is 0.305 e. The standard InChI is InChI=1S/C20H31O2/c1-2-3-4-5-6-12-17-20(21)22-18-13-8-11-16-19-14-9-7-10-15-19/h7,9-10,14-15H,1-6,8,11-13,16-18H2. The lowest BCUT2D eigenvalue weighted by Crippen LogP contribution is -2.05. The minimum Gasteiger partial charge on any atom is -0.466 e. The molecule has 22 heavy (non-hydrogen) atoms. The van der Waals surface area contributed by atoms with E-state index < -0.39 is 0 Å². The summed E-state index contributed by atoms with van der Waals surface area (Å²) in [6, 6.07) is 10.5. The summed E-state index contributed by atoms with van der Waals surface area (Å²) in [7, 11) is 0. The lowest BCUT2D eigenvalue weighted by Gasteiger charge is -2.05. The maximum atomic E-state index is 11.6. The molecular weight excluding hydrogens is 272 g/mol. The van der Waals surface area contributed by atoms with Gasteiger partial charge >= 0.3 is 5.97 Å². The van der Waals surface area contributed by atoms with Crippen LogP contribution in [-0.4, -0.2) is 12.6 Å². The van der Waals surface area contributed by atoms with Gasteiger partial charge in [-0.15, -0.1) is 0 Å². The molecule has 123 valence electrons. The van der Waals surface area contributed by atoms with Crippen molar-refractivity contribution in [1.29, 1.82) is 0 Å². The van der Waals surface area contributed by atoms with Crippen LogP contribution in [0.3, 0.4) is 0 Å². The molecule has 0 aromatic heterocycles. The Labute approximate surface area is 136 Å². The number of carbonyl (C=O) groups excluding carboxylic acids is 1. The van der Waals surface area contributed by atoms with Gasteiger partial charge in [0.1, 0.15) is 0 Å². The zero-order valence-electron chi connectivity index (χ0n) is 13.9. The first kappa shape index (κ1) is 18.7. The Morgan fingerprint density at radius 2 is 1.55 bits per heavy atom. The fourth-order valence-electron chi connectivity index (χ4n) is 2.49. The van der Waals surface area contributed by atoms with Crippen molar-refractivity contribution in [3.63, 3.8) is 0 Å². The number of carbonyl (C=O) groups is 1. The molecule has 1 radical (unpaired) electrons. The summed E-state index contributed by atoms with van der Waals surface area (Å²) in [5, 5.41) is 0. The predicted molar refractivity (Wildman–Crippen MR) is 92.6 cm³/mol. The number of unbranched alkanes of at least 4 members (excludes halogenated alkanes) is 7. The fourth-order valence-corrected chi connectivity index (χ4v) is 2.49. The highest BCUT2D eigenvalue weighted by atomic mass is 16.5. The van der Waals surface area contributed by atoms with Gasteiger partial charge in [0.05, 0.1) is 6.61 Å². The summed E-state index contributed by atoms with van der Waals surface area (Å²) in [5.74, 6) is -0.0276. The van der Waals surface area contributed by atoms with Crippen LogP contribution in [0.2, 0.25) is 0 Å². The molecule has 0 saturated heterocycles. The van der Waals surface area contributed by atoms with Gasteiger partial charge in [0, 0.05) is 6.42 Å². The topological polar surface area (TPSA) is 26.3 Å². The molecule has 0 spiro atoms. The number of hydrogen-bond acceptors (Lipinski definition) is 2. The maximum Gasteiger partial charge on any atom is 0.305 e. The molecule has 0 amide bonds. The van der Waals surface area contributed by atoms with Crippen LogP contribution < -0.4 is 0 Å². The lowest BCUT2D eigenvalue weighted by molar-refractivity contribution is -0.143. The lowest BCUT2D eigenvalue weighted by atomic mass is 10.1. The zero-order chi connectivity index (χ0) is 15.9. The van der Waals surface area contributed by atoms with E-state index in [1.807, 2.05) is 6.07 Å². The molecule has 2 heteroatoms. The molecule has 1 rings (SSSR count). The van der Waals surface area contributed by atoms with Crippen LogP contribution in [0.5, 0.6) is 0 Å². The third-order valence-electron chi connectivity index (χ3n) is 3.85. The van der Waals surface area contributed by atoms with E-state index in [0.717, 1.165) is 44.9 Å². The molecule has 0 unspecified atom stereocenters. The van der Waals surface area contributed by atoms with Crippen molar-refractivity contribution >= 4 is 5.97 Å². The number of ether oxygens (including phenoxy) is 1.